The number of anilines is 1. The second-order valence-corrected chi connectivity index (χ2v) is 10.4. The Morgan fingerprint density at radius 2 is 2.12 bits per heavy atom. The van der Waals surface area contributed by atoms with E-state index >= 15 is 0 Å². The van der Waals surface area contributed by atoms with Crippen LogP contribution in [0.5, 0.6) is 0 Å². The van der Waals surface area contributed by atoms with E-state index in [0.717, 1.165) is 4.88 Å². The largest absolute Gasteiger partial charge is 0.389 e. The Bertz CT molecular complexity index is 1050. The van der Waals surface area contributed by atoms with Crippen molar-refractivity contribution in [2.45, 2.75) is 24.0 Å². The Labute approximate surface area is 197 Å². The fourth-order valence-corrected chi connectivity index (χ4v) is 4.84. The quantitative estimate of drug-likeness (QED) is 0.198. The van der Waals surface area contributed by atoms with Gasteiger partial charge in [-0.1, -0.05) is 28.6 Å². The van der Waals surface area contributed by atoms with Crippen molar-refractivity contribution in [3.8, 4) is 0 Å². The number of oxime groups is 1. The van der Waals surface area contributed by atoms with Gasteiger partial charge in [-0.25, -0.2) is 13.9 Å². The third-order valence-corrected chi connectivity index (χ3v) is 7.20. The van der Waals surface area contributed by atoms with E-state index in [1.54, 1.807) is 44.7 Å². The number of nitrogens with zero attached hydrogens (tertiary/aromatic N) is 2. The number of hydrogen-bond acceptors (Lipinski definition) is 9. The Kier molecular flexibility index (Phi) is 9.35. The number of methoxy groups -OCH3 is 2. The molecule has 33 heavy (non-hydrogen) atoms. The molecule has 1 aromatic carbocycles. The van der Waals surface area contributed by atoms with Crippen LogP contribution in [0.3, 0.4) is 0 Å². The molecule has 2 atom stereocenters. The highest BCUT2D eigenvalue weighted by molar-refractivity contribution is 7.98. The van der Waals surface area contributed by atoms with Crippen LogP contribution in [0.4, 0.5) is 5.13 Å². The zero-order chi connectivity index (χ0) is 23.7. The zero-order valence-corrected chi connectivity index (χ0v) is 20.2. The van der Waals surface area contributed by atoms with Gasteiger partial charge >= 0.3 is 0 Å². The molecule has 12 heteroatoms. The first kappa shape index (κ1) is 25.3. The van der Waals surface area contributed by atoms with E-state index in [-0.39, 0.29) is 11.8 Å². The number of benzene rings is 1. The molecule has 1 saturated heterocycles. The van der Waals surface area contributed by atoms with E-state index in [9.17, 15) is 9.00 Å². The van der Waals surface area contributed by atoms with Gasteiger partial charge in [0.1, 0.15) is 0 Å². The highest BCUT2D eigenvalue weighted by Crippen LogP contribution is 2.20. The second-order valence-electron chi connectivity index (χ2n) is 7.14. The summed E-state index contributed by atoms with van der Waals surface area (Å²) in [6.45, 7) is 2.22. The van der Waals surface area contributed by atoms with Gasteiger partial charge in [-0.05, 0) is 18.0 Å². The maximum atomic E-state index is 13.0. The normalized spacial score (nSPS) is 18.1. The monoisotopic (exact) mass is 496 g/mol. The summed E-state index contributed by atoms with van der Waals surface area (Å²) in [6, 6.07) is 6.60. The third-order valence-electron chi connectivity index (χ3n) is 4.61. The molecule has 1 amide bonds. The van der Waals surface area contributed by atoms with E-state index in [1.165, 1.54) is 11.3 Å². The number of carbonyl (C=O) groups excluding carboxylic acids is 1. The number of thiazole rings is 1. The number of ether oxygens (including phenoxy) is 3. The summed E-state index contributed by atoms with van der Waals surface area (Å²) in [4.78, 5) is 24.2. The molecule has 0 saturated carbocycles. The summed E-state index contributed by atoms with van der Waals surface area (Å²) in [5.74, 6) is 3.30. The molecule has 1 unspecified atom stereocenters. The summed E-state index contributed by atoms with van der Waals surface area (Å²) in [5.41, 5.74) is 0.566. The Morgan fingerprint density at radius 3 is 2.79 bits per heavy atom. The van der Waals surface area contributed by atoms with Crippen LogP contribution in [0, 0.1) is 0 Å². The minimum absolute atomic E-state index is 0.0693. The van der Waals surface area contributed by atoms with Gasteiger partial charge in [0, 0.05) is 43.8 Å². The zero-order valence-electron chi connectivity index (χ0n) is 18.6. The summed E-state index contributed by atoms with van der Waals surface area (Å²) in [6.07, 6.45) is 2.12. The van der Waals surface area contributed by atoms with E-state index in [4.69, 9.17) is 19.0 Å². The highest BCUT2D eigenvalue weighted by Gasteiger charge is 2.21. The highest BCUT2D eigenvalue weighted by atomic mass is 32.2. The fourth-order valence-electron chi connectivity index (χ4n) is 2.90. The van der Waals surface area contributed by atoms with Crippen molar-refractivity contribution < 1.29 is 28.1 Å². The molecular weight excluding hydrogens is 468 g/mol. The van der Waals surface area contributed by atoms with Crippen LogP contribution in [0.25, 0.3) is 0 Å². The second kappa shape index (κ2) is 12.2. The molecule has 2 heterocycles. The number of nitrogens with one attached hydrogen (secondary N) is 2. The van der Waals surface area contributed by atoms with Gasteiger partial charge in [-0.2, -0.15) is 0 Å². The van der Waals surface area contributed by atoms with E-state index in [2.05, 4.69) is 26.0 Å². The topological polar surface area (TPSA) is 120 Å². The standard InChI is InChI=1S/C21H28N4O6S2/c1-28-11-9-23-33(3,27)18-6-4-15(5-7-18)19(25-31-16-8-10-30-13-16)20(26)24-21-22-12-17(32-21)14-29-2/h4-7,12,16H,3,8-11,13-14H2,1-2H3,(H,23,27)(H,22,24,26)/b25-19+/t16-,33?/m1/s1. The van der Waals surface area contributed by atoms with Crippen molar-refractivity contribution in [3.63, 3.8) is 0 Å². The Balaban J connectivity index is 1.79. The predicted octanol–water partition coefficient (Wildman–Crippen LogP) is 1.66. The molecule has 0 radical (unpaired) electrons. The average Bonchev–Trinajstić information content (AvgIpc) is 3.47. The van der Waals surface area contributed by atoms with Crippen molar-refractivity contribution in [1.29, 1.82) is 0 Å². The van der Waals surface area contributed by atoms with Gasteiger partial charge in [-0.15, -0.1) is 0 Å². The van der Waals surface area contributed by atoms with Crippen LogP contribution in [-0.2, 0) is 40.2 Å². The van der Waals surface area contributed by atoms with Crippen LogP contribution in [-0.4, -0.2) is 73.4 Å². The lowest BCUT2D eigenvalue weighted by molar-refractivity contribution is -0.110. The predicted molar refractivity (Wildman–Crippen MR) is 128 cm³/mol. The molecule has 1 fully saturated rings. The number of aromatic nitrogens is 1. The number of rotatable bonds is 12. The van der Waals surface area contributed by atoms with Gasteiger partial charge in [0.25, 0.3) is 5.91 Å². The van der Waals surface area contributed by atoms with Crippen molar-refractivity contribution in [1.82, 2.24) is 9.71 Å². The van der Waals surface area contributed by atoms with Crippen LogP contribution in [0.1, 0.15) is 16.9 Å². The summed E-state index contributed by atoms with van der Waals surface area (Å²) < 4.78 is 31.1. The Hall–Kier alpha value is -2.35. The molecule has 0 aliphatic carbocycles. The van der Waals surface area contributed by atoms with E-state index in [1.807, 2.05) is 0 Å². The van der Waals surface area contributed by atoms with Crippen LogP contribution in [0.2, 0.25) is 0 Å². The van der Waals surface area contributed by atoms with E-state index < -0.39 is 15.6 Å². The molecule has 0 bridgehead atoms. The molecule has 10 nitrogen and oxygen atoms in total. The SMILES string of the molecule is C=S(=O)(NCCOC)c1ccc(/C(=N\O[C@@H]2CCOC2)C(=O)Nc2ncc(COC)s2)cc1. The number of amides is 1. The molecule has 1 aromatic heterocycles. The molecule has 0 spiro atoms. The molecule has 2 N–H and O–H groups in total. The number of hydrogen-bond donors (Lipinski definition) is 2. The fraction of sp³-hybridized carbons (Fsp3) is 0.429. The molecule has 1 aliphatic rings. The maximum Gasteiger partial charge on any atom is 0.280 e. The Morgan fingerprint density at radius 1 is 1.33 bits per heavy atom. The summed E-state index contributed by atoms with van der Waals surface area (Å²) in [5, 5.41) is 7.30. The first-order chi connectivity index (χ1) is 15.9. The molecule has 180 valence electrons. The molecule has 1 aliphatic heterocycles. The lowest BCUT2D eigenvalue weighted by atomic mass is 10.1. The number of carbonyl (C=O) groups is 1. The average molecular weight is 497 g/mol. The molecule has 3 rings (SSSR count). The molecule has 2 aromatic rings. The third kappa shape index (κ3) is 7.32. The van der Waals surface area contributed by atoms with Crippen molar-refractivity contribution in [2.24, 2.45) is 5.16 Å². The van der Waals surface area contributed by atoms with Crippen LogP contribution >= 0.6 is 11.3 Å². The first-order valence-corrected chi connectivity index (χ1v) is 12.7. The molecular formula is C21H28N4O6S2. The summed E-state index contributed by atoms with van der Waals surface area (Å²) >= 11 is 1.31. The smallest absolute Gasteiger partial charge is 0.280 e. The van der Waals surface area contributed by atoms with Gasteiger partial charge in [0.2, 0.25) is 0 Å². The van der Waals surface area contributed by atoms with Crippen LogP contribution in [0.15, 0.2) is 40.5 Å². The van der Waals surface area contributed by atoms with Crippen molar-refractivity contribution >= 4 is 43.7 Å². The van der Waals surface area contributed by atoms with Gasteiger partial charge in [0.05, 0.1) is 41.0 Å². The van der Waals surface area contributed by atoms with Crippen molar-refractivity contribution in [3.05, 3.63) is 40.9 Å². The minimum Gasteiger partial charge on any atom is -0.389 e. The van der Waals surface area contributed by atoms with Crippen molar-refractivity contribution in [2.75, 3.05) is 45.9 Å². The lowest BCUT2D eigenvalue weighted by Gasteiger charge is -2.13. The maximum absolute atomic E-state index is 13.0. The van der Waals surface area contributed by atoms with Crippen LogP contribution < -0.4 is 10.0 Å². The van der Waals surface area contributed by atoms with E-state index in [0.29, 0.717) is 55.0 Å². The lowest BCUT2D eigenvalue weighted by Crippen LogP contribution is -2.27. The summed E-state index contributed by atoms with van der Waals surface area (Å²) in [7, 11) is 0.447. The first-order valence-electron chi connectivity index (χ1n) is 10.2. The van der Waals surface area contributed by atoms with Gasteiger partial charge < -0.3 is 19.0 Å². The minimum atomic E-state index is -2.71. The van der Waals surface area contributed by atoms with Gasteiger partial charge in [-0.3, -0.25) is 10.1 Å². The van der Waals surface area contributed by atoms with Gasteiger partial charge in [0.15, 0.2) is 16.9 Å².